The van der Waals surface area contributed by atoms with E-state index >= 15 is 0 Å². The van der Waals surface area contributed by atoms with E-state index in [0.717, 1.165) is 0 Å². The first-order chi connectivity index (χ1) is 9.60. The van der Waals surface area contributed by atoms with Crippen molar-refractivity contribution in [3.8, 4) is 0 Å². The lowest BCUT2D eigenvalue weighted by molar-refractivity contribution is 0.0627. The Morgan fingerprint density at radius 3 is 2.35 bits per heavy atom. The van der Waals surface area contributed by atoms with Crippen molar-refractivity contribution >= 4 is 11.8 Å². The van der Waals surface area contributed by atoms with Gasteiger partial charge in [0.2, 0.25) is 0 Å². The number of nitrogens with two attached hydrogens (primary N) is 1. The monoisotopic (exact) mass is 281 g/mol. The highest BCUT2D eigenvalue weighted by molar-refractivity contribution is 5.97. The van der Waals surface area contributed by atoms with Gasteiger partial charge >= 0.3 is 0 Å². The molecular formula is C13H19N3O4. The van der Waals surface area contributed by atoms with Gasteiger partial charge in [-0.1, -0.05) is 0 Å². The molecule has 0 aliphatic carbocycles. The molecule has 0 unspecified atom stereocenters. The molecule has 0 bridgehead atoms. The van der Waals surface area contributed by atoms with Gasteiger partial charge in [0.05, 0.1) is 13.2 Å². The quantitative estimate of drug-likeness (QED) is 0.719. The molecule has 7 nitrogen and oxygen atoms in total. The van der Waals surface area contributed by atoms with Crippen LogP contribution in [0.3, 0.4) is 0 Å². The molecule has 0 fully saturated rings. The summed E-state index contributed by atoms with van der Waals surface area (Å²) in [7, 11) is 3.13. The fourth-order valence-electron chi connectivity index (χ4n) is 1.60. The number of methoxy groups -OCH3 is 2. The molecular weight excluding hydrogens is 262 g/mol. The predicted octanol–water partition coefficient (Wildman–Crippen LogP) is -0.0845. The molecule has 0 radical (unpaired) electrons. The minimum absolute atomic E-state index is 0.0642. The van der Waals surface area contributed by atoms with Crippen molar-refractivity contribution in [1.82, 2.24) is 9.88 Å². The van der Waals surface area contributed by atoms with Crippen LogP contribution in [-0.4, -0.2) is 62.2 Å². The molecule has 0 atom stereocenters. The van der Waals surface area contributed by atoms with Gasteiger partial charge in [-0.25, -0.2) is 0 Å². The fraction of sp³-hybridized carbons (Fsp3) is 0.462. The average molecular weight is 281 g/mol. The van der Waals surface area contributed by atoms with E-state index in [1.165, 1.54) is 12.3 Å². The molecule has 0 saturated heterocycles. The summed E-state index contributed by atoms with van der Waals surface area (Å²) in [5, 5.41) is 0. The molecule has 2 N–H and O–H groups in total. The Labute approximate surface area is 117 Å². The maximum atomic E-state index is 12.4. The summed E-state index contributed by atoms with van der Waals surface area (Å²) in [5.74, 6) is -0.885. The van der Waals surface area contributed by atoms with Crippen molar-refractivity contribution in [2.24, 2.45) is 5.73 Å². The molecule has 0 aromatic carbocycles. The van der Waals surface area contributed by atoms with Crippen molar-refractivity contribution in [3.05, 3.63) is 29.6 Å². The van der Waals surface area contributed by atoms with Crippen molar-refractivity contribution in [2.75, 3.05) is 40.5 Å². The molecule has 1 aromatic rings. The van der Waals surface area contributed by atoms with E-state index in [0.29, 0.717) is 31.9 Å². The second-order valence-corrected chi connectivity index (χ2v) is 4.07. The average Bonchev–Trinajstić information content (AvgIpc) is 2.47. The fourth-order valence-corrected chi connectivity index (χ4v) is 1.60. The van der Waals surface area contributed by atoms with Crippen LogP contribution in [0.1, 0.15) is 20.8 Å². The number of pyridine rings is 1. The van der Waals surface area contributed by atoms with Crippen molar-refractivity contribution in [1.29, 1.82) is 0 Å². The second-order valence-electron chi connectivity index (χ2n) is 4.07. The van der Waals surface area contributed by atoms with E-state index in [9.17, 15) is 9.59 Å². The smallest absolute Gasteiger partial charge is 0.267 e. The van der Waals surface area contributed by atoms with E-state index in [-0.39, 0.29) is 11.6 Å². The number of hydrogen-bond donors (Lipinski definition) is 1. The van der Waals surface area contributed by atoms with Gasteiger partial charge in [0.25, 0.3) is 11.8 Å². The van der Waals surface area contributed by atoms with Crippen LogP contribution in [0.4, 0.5) is 0 Å². The van der Waals surface area contributed by atoms with Crippen molar-refractivity contribution in [2.45, 2.75) is 0 Å². The lowest BCUT2D eigenvalue weighted by atomic mass is 10.2. The molecule has 1 heterocycles. The maximum Gasteiger partial charge on any atom is 0.267 e. The zero-order chi connectivity index (χ0) is 15.0. The third-order valence-corrected chi connectivity index (χ3v) is 2.68. The standard InChI is InChI=1S/C13H19N3O4/c1-19-7-5-16(6-8-20-2)13(18)10-3-4-15-11(9-10)12(14)17/h3-4,9H,5-8H2,1-2H3,(H2,14,17). The molecule has 110 valence electrons. The van der Waals surface area contributed by atoms with Gasteiger partial charge in [-0.3, -0.25) is 14.6 Å². The predicted molar refractivity (Wildman–Crippen MR) is 72.4 cm³/mol. The SMILES string of the molecule is COCCN(CCOC)C(=O)c1ccnc(C(N)=O)c1. The van der Waals surface area contributed by atoms with Gasteiger partial charge in [-0.2, -0.15) is 0 Å². The first-order valence-electron chi connectivity index (χ1n) is 6.13. The molecule has 2 amide bonds. The zero-order valence-corrected chi connectivity index (χ0v) is 11.7. The normalized spacial score (nSPS) is 10.3. The molecule has 1 aromatic heterocycles. The first-order valence-corrected chi connectivity index (χ1v) is 6.13. The number of aromatic nitrogens is 1. The number of carbonyl (C=O) groups excluding carboxylic acids is 2. The minimum atomic E-state index is -0.667. The van der Waals surface area contributed by atoms with Gasteiger partial charge in [0.1, 0.15) is 5.69 Å². The summed E-state index contributed by atoms with van der Waals surface area (Å²) in [4.78, 5) is 28.9. The van der Waals surface area contributed by atoms with Crippen molar-refractivity contribution < 1.29 is 19.1 Å². The Bertz CT molecular complexity index is 457. The van der Waals surface area contributed by atoms with Crippen LogP contribution in [0.25, 0.3) is 0 Å². The van der Waals surface area contributed by atoms with E-state index in [2.05, 4.69) is 4.98 Å². The Kier molecular flexibility index (Phi) is 6.61. The zero-order valence-electron chi connectivity index (χ0n) is 11.7. The summed E-state index contributed by atoms with van der Waals surface area (Å²) in [5.41, 5.74) is 5.58. The van der Waals surface area contributed by atoms with Crippen LogP contribution in [-0.2, 0) is 9.47 Å². The third-order valence-electron chi connectivity index (χ3n) is 2.68. The molecule has 1 rings (SSSR count). The Morgan fingerprint density at radius 2 is 1.85 bits per heavy atom. The number of nitrogens with zero attached hydrogens (tertiary/aromatic N) is 2. The molecule has 7 heteroatoms. The van der Waals surface area contributed by atoms with E-state index in [4.69, 9.17) is 15.2 Å². The highest BCUT2D eigenvalue weighted by Crippen LogP contribution is 2.06. The Morgan fingerprint density at radius 1 is 1.25 bits per heavy atom. The van der Waals surface area contributed by atoms with Gasteiger partial charge in [0.15, 0.2) is 0 Å². The Hall–Kier alpha value is -1.99. The van der Waals surface area contributed by atoms with Crippen LogP contribution in [0.15, 0.2) is 18.3 Å². The molecule has 0 spiro atoms. The Balaban J connectivity index is 2.86. The number of amides is 2. The summed E-state index contributed by atoms with van der Waals surface area (Å²) >= 11 is 0. The lowest BCUT2D eigenvalue weighted by Gasteiger charge is -2.22. The first kappa shape index (κ1) is 16.1. The van der Waals surface area contributed by atoms with E-state index in [1.54, 1.807) is 25.2 Å². The number of hydrogen-bond acceptors (Lipinski definition) is 5. The maximum absolute atomic E-state index is 12.4. The number of carbonyl (C=O) groups is 2. The third kappa shape index (κ3) is 4.60. The summed E-state index contributed by atoms with van der Waals surface area (Å²) in [6.07, 6.45) is 1.39. The highest BCUT2D eigenvalue weighted by Gasteiger charge is 2.16. The number of primary amides is 1. The largest absolute Gasteiger partial charge is 0.383 e. The van der Waals surface area contributed by atoms with Gasteiger partial charge in [-0.15, -0.1) is 0 Å². The van der Waals surface area contributed by atoms with Gasteiger partial charge < -0.3 is 20.1 Å². The molecule has 0 aliphatic rings. The molecule has 0 aliphatic heterocycles. The minimum Gasteiger partial charge on any atom is -0.383 e. The topological polar surface area (TPSA) is 94.8 Å². The van der Waals surface area contributed by atoms with Gasteiger partial charge in [-0.05, 0) is 12.1 Å². The number of rotatable bonds is 8. The second kappa shape index (κ2) is 8.23. The van der Waals surface area contributed by atoms with E-state index < -0.39 is 5.91 Å². The molecule has 20 heavy (non-hydrogen) atoms. The molecule has 0 saturated carbocycles. The van der Waals surface area contributed by atoms with E-state index in [1.807, 2.05) is 0 Å². The van der Waals surface area contributed by atoms with Crippen LogP contribution < -0.4 is 5.73 Å². The van der Waals surface area contributed by atoms with Crippen molar-refractivity contribution in [3.63, 3.8) is 0 Å². The van der Waals surface area contributed by atoms with Crippen LogP contribution in [0.5, 0.6) is 0 Å². The summed E-state index contributed by atoms with van der Waals surface area (Å²) in [6.45, 7) is 1.71. The van der Waals surface area contributed by atoms with Crippen LogP contribution in [0.2, 0.25) is 0 Å². The number of ether oxygens (including phenoxy) is 2. The summed E-state index contributed by atoms with van der Waals surface area (Å²) in [6, 6.07) is 2.93. The van der Waals surface area contributed by atoms with Crippen LogP contribution >= 0.6 is 0 Å². The lowest BCUT2D eigenvalue weighted by Crippen LogP contribution is -2.36. The summed E-state index contributed by atoms with van der Waals surface area (Å²) < 4.78 is 9.96. The highest BCUT2D eigenvalue weighted by atomic mass is 16.5. The van der Waals surface area contributed by atoms with Gasteiger partial charge in [0, 0.05) is 39.1 Å². The van der Waals surface area contributed by atoms with Crippen LogP contribution in [0, 0.1) is 0 Å².